The van der Waals surface area contributed by atoms with Crippen LogP contribution in [0.4, 0.5) is 0 Å². The number of cyclic esters (lactones) is 1. The van der Waals surface area contributed by atoms with Gasteiger partial charge in [-0.2, -0.15) is 0 Å². The Balaban J connectivity index is 2.42. The normalized spacial score (nSPS) is 26.9. The molecule has 3 atom stereocenters. The number of benzene rings is 1. The van der Waals surface area contributed by atoms with Crippen molar-refractivity contribution in [3.05, 3.63) is 23.3 Å². The van der Waals surface area contributed by atoms with Crippen molar-refractivity contribution in [2.24, 2.45) is 0 Å². The first kappa shape index (κ1) is 17.0. The molecule has 1 aromatic carbocycles. The molecule has 0 spiro atoms. The lowest BCUT2D eigenvalue weighted by atomic mass is 9.92. The Labute approximate surface area is 131 Å². The average Bonchev–Trinajstić information content (AvgIpc) is 2.68. The van der Waals surface area contributed by atoms with Gasteiger partial charge in [0, 0.05) is 18.1 Å². The van der Waals surface area contributed by atoms with Crippen LogP contribution in [0.2, 0.25) is 0 Å². The maximum absolute atomic E-state index is 11.7. The molecule has 1 aliphatic heterocycles. The number of aryl methyl sites for hydroxylation is 1. The number of esters is 1. The second-order valence-electron chi connectivity index (χ2n) is 5.53. The van der Waals surface area contributed by atoms with Gasteiger partial charge in [-0.15, -0.1) is 0 Å². The van der Waals surface area contributed by atoms with Gasteiger partial charge in [0.2, 0.25) is 0 Å². The highest BCUT2D eigenvalue weighted by Crippen LogP contribution is 2.42. The van der Waals surface area contributed by atoms with E-state index in [1.54, 1.807) is 0 Å². The average molecular weight is 326 g/mol. The molecule has 2 rings (SSSR count). The first-order valence-corrected chi connectivity index (χ1v) is 6.91. The molecule has 0 radical (unpaired) electrons. The molecule has 8 heteroatoms. The molecule has 1 aliphatic rings. The molecule has 1 heterocycles. The standard InChI is InChI=1S/C15H18O8/c1-15(21)13(19)12(23-14(15)20)8-5-7(3-4-11(17)18)9(16)6-10(8)22-2/h5-6,12-13,16,19,21H,3-4H2,1-2H3,(H,17,18). The maximum atomic E-state index is 11.7. The van der Waals surface area contributed by atoms with Gasteiger partial charge < -0.3 is 29.9 Å². The number of ether oxygens (including phenoxy) is 2. The van der Waals surface area contributed by atoms with Crippen molar-refractivity contribution >= 4 is 11.9 Å². The van der Waals surface area contributed by atoms with Gasteiger partial charge in [0.25, 0.3) is 0 Å². The van der Waals surface area contributed by atoms with Crippen LogP contribution in [-0.2, 0) is 20.7 Å². The Kier molecular flexibility index (Phi) is 4.49. The Bertz CT molecular complexity index is 637. The van der Waals surface area contributed by atoms with Crippen molar-refractivity contribution in [2.45, 2.75) is 37.6 Å². The van der Waals surface area contributed by atoms with Crippen molar-refractivity contribution in [1.29, 1.82) is 0 Å². The summed E-state index contributed by atoms with van der Waals surface area (Å²) in [6.07, 6.45) is -2.87. The van der Waals surface area contributed by atoms with Crippen LogP contribution in [0.5, 0.6) is 11.5 Å². The molecule has 0 bridgehead atoms. The van der Waals surface area contributed by atoms with Crippen molar-refractivity contribution in [3.8, 4) is 11.5 Å². The van der Waals surface area contributed by atoms with E-state index in [9.17, 15) is 24.9 Å². The summed E-state index contributed by atoms with van der Waals surface area (Å²) in [4.78, 5) is 22.3. The van der Waals surface area contributed by atoms with Crippen LogP contribution in [0, 0.1) is 0 Å². The molecule has 0 saturated carbocycles. The Morgan fingerprint density at radius 2 is 2.09 bits per heavy atom. The van der Waals surface area contributed by atoms with E-state index in [0.29, 0.717) is 5.56 Å². The number of aliphatic hydroxyl groups excluding tert-OH is 1. The number of carbonyl (C=O) groups excluding carboxylic acids is 1. The number of carboxylic acid groups (broad SMARTS) is 1. The number of aliphatic hydroxyl groups is 2. The third kappa shape index (κ3) is 3.08. The predicted octanol–water partition coefficient (Wildman–Crippen LogP) is 0.128. The highest BCUT2D eigenvalue weighted by molar-refractivity contribution is 5.82. The summed E-state index contributed by atoms with van der Waals surface area (Å²) in [5.74, 6) is -2.03. The Hall–Kier alpha value is -2.32. The van der Waals surface area contributed by atoms with E-state index >= 15 is 0 Å². The third-order valence-corrected chi connectivity index (χ3v) is 3.86. The smallest absolute Gasteiger partial charge is 0.341 e. The van der Waals surface area contributed by atoms with Gasteiger partial charge in [-0.1, -0.05) is 0 Å². The largest absolute Gasteiger partial charge is 0.508 e. The molecule has 1 saturated heterocycles. The minimum atomic E-state index is -2.06. The number of methoxy groups -OCH3 is 1. The van der Waals surface area contributed by atoms with Crippen molar-refractivity contribution in [1.82, 2.24) is 0 Å². The van der Waals surface area contributed by atoms with Gasteiger partial charge >= 0.3 is 11.9 Å². The highest BCUT2D eigenvalue weighted by Gasteiger charge is 2.54. The topological polar surface area (TPSA) is 134 Å². The van der Waals surface area contributed by atoms with Gasteiger partial charge in [0.05, 0.1) is 7.11 Å². The number of phenolic OH excluding ortho intramolecular Hbond substituents is 1. The van der Waals surface area contributed by atoms with E-state index < -0.39 is 29.7 Å². The maximum Gasteiger partial charge on any atom is 0.341 e. The number of hydrogen-bond donors (Lipinski definition) is 4. The number of rotatable bonds is 5. The fraction of sp³-hybridized carbons (Fsp3) is 0.467. The van der Waals surface area contributed by atoms with E-state index in [0.717, 1.165) is 6.92 Å². The summed E-state index contributed by atoms with van der Waals surface area (Å²) < 4.78 is 10.1. The van der Waals surface area contributed by atoms with Crippen LogP contribution in [0.1, 0.15) is 30.6 Å². The quantitative estimate of drug-likeness (QED) is 0.561. The minimum Gasteiger partial charge on any atom is -0.508 e. The fourth-order valence-corrected chi connectivity index (χ4v) is 2.42. The third-order valence-electron chi connectivity index (χ3n) is 3.86. The minimum absolute atomic E-state index is 0.0469. The van der Waals surface area contributed by atoms with Crippen molar-refractivity contribution in [2.75, 3.05) is 7.11 Å². The molecule has 8 nitrogen and oxygen atoms in total. The number of aliphatic carboxylic acids is 1. The van der Waals surface area contributed by atoms with Crippen molar-refractivity contribution in [3.63, 3.8) is 0 Å². The molecule has 1 fully saturated rings. The number of hydrogen-bond acceptors (Lipinski definition) is 7. The molecule has 0 aromatic heterocycles. The zero-order valence-electron chi connectivity index (χ0n) is 12.6. The van der Waals surface area contributed by atoms with Gasteiger partial charge in [-0.3, -0.25) is 4.79 Å². The zero-order chi connectivity index (χ0) is 17.4. The summed E-state index contributed by atoms with van der Waals surface area (Å²) >= 11 is 0. The summed E-state index contributed by atoms with van der Waals surface area (Å²) in [6, 6.07) is 2.65. The van der Waals surface area contributed by atoms with E-state index in [4.69, 9.17) is 14.6 Å². The number of carbonyl (C=O) groups is 2. The second kappa shape index (κ2) is 6.05. The van der Waals surface area contributed by atoms with Gasteiger partial charge in [-0.05, 0) is 25.0 Å². The second-order valence-corrected chi connectivity index (χ2v) is 5.53. The van der Waals surface area contributed by atoms with Crippen LogP contribution in [0.3, 0.4) is 0 Å². The van der Waals surface area contributed by atoms with Gasteiger partial charge in [0.1, 0.15) is 17.6 Å². The summed E-state index contributed by atoms with van der Waals surface area (Å²) in [7, 11) is 1.33. The number of phenols is 1. The molecular formula is C15H18O8. The molecule has 23 heavy (non-hydrogen) atoms. The van der Waals surface area contributed by atoms with Gasteiger partial charge in [-0.25, -0.2) is 4.79 Å². The summed E-state index contributed by atoms with van der Waals surface area (Å²) in [6.45, 7) is 1.14. The van der Waals surface area contributed by atoms with Crippen LogP contribution in [0.25, 0.3) is 0 Å². The molecule has 0 amide bonds. The van der Waals surface area contributed by atoms with Crippen LogP contribution >= 0.6 is 0 Å². The highest BCUT2D eigenvalue weighted by atomic mass is 16.6. The number of carboxylic acids is 1. The number of aromatic hydroxyl groups is 1. The molecule has 1 aromatic rings. The lowest BCUT2D eigenvalue weighted by Gasteiger charge is -2.21. The molecule has 0 aliphatic carbocycles. The summed E-state index contributed by atoms with van der Waals surface area (Å²) in [5, 5.41) is 38.7. The SMILES string of the molecule is COc1cc(O)c(CCC(=O)O)cc1C1OC(=O)C(C)(O)C1O. The lowest BCUT2D eigenvalue weighted by Crippen LogP contribution is -2.41. The van der Waals surface area contributed by atoms with E-state index in [1.165, 1.54) is 19.2 Å². The fourth-order valence-electron chi connectivity index (χ4n) is 2.42. The van der Waals surface area contributed by atoms with E-state index in [1.807, 2.05) is 0 Å². The molecule has 126 valence electrons. The molecule has 4 N–H and O–H groups in total. The van der Waals surface area contributed by atoms with Crippen molar-refractivity contribution < 1.29 is 39.5 Å². The van der Waals surface area contributed by atoms with Gasteiger partial charge in [0.15, 0.2) is 11.7 Å². The van der Waals surface area contributed by atoms with Crippen LogP contribution < -0.4 is 4.74 Å². The summed E-state index contributed by atoms with van der Waals surface area (Å²) in [5.41, 5.74) is -1.52. The zero-order valence-corrected chi connectivity index (χ0v) is 12.6. The first-order valence-electron chi connectivity index (χ1n) is 6.91. The predicted molar refractivity (Wildman–Crippen MR) is 76.1 cm³/mol. The Morgan fingerprint density at radius 1 is 1.43 bits per heavy atom. The van der Waals surface area contributed by atoms with E-state index in [-0.39, 0.29) is 29.9 Å². The molecular weight excluding hydrogens is 308 g/mol. The first-order chi connectivity index (χ1) is 10.7. The monoisotopic (exact) mass is 326 g/mol. The van der Waals surface area contributed by atoms with Crippen LogP contribution in [0.15, 0.2) is 12.1 Å². The van der Waals surface area contributed by atoms with Crippen LogP contribution in [-0.4, -0.2) is 51.2 Å². The van der Waals surface area contributed by atoms with E-state index in [2.05, 4.69) is 0 Å². The molecule has 3 unspecified atom stereocenters. The lowest BCUT2D eigenvalue weighted by molar-refractivity contribution is -0.155. The Morgan fingerprint density at radius 3 is 2.57 bits per heavy atom.